The smallest absolute Gasteiger partial charge is 0.123 e. The van der Waals surface area contributed by atoms with Crippen LogP contribution in [0.25, 0.3) is 0 Å². The van der Waals surface area contributed by atoms with Gasteiger partial charge in [-0.05, 0) is 49.9 Å². The van der Waals surface area contributed by atoms with Gasteiger partial charge in [0.05, 0.1) is 7.11 Å². The van der Waals surface area contributed by atoms with Crippen molar-refractivity contribution in [2.75, 3.05) is 20.2 Å². The van der Waals surface area contributed by atoms with Crippen LogP contribution in [0.3, 0.4) is 0 Å². The Morgan fingerprint density at radius 1 is 1.39 bits per heavy atom. The van der Waals surface area contributed by atoms with Crippen LogP contribution >= 0.6 is 0 Å². The monoisotopic (exact) mass is 248 g/mol. The molecule has 1 aromatic rings. The third-order valence-electron chi connectivity index (χ3n) is 3.95. The van der Waals surface area contributed by atoms with Crippen LogP contribution in [0.2, 0.25) is 0 Å². The van der Waals surface area contributed by atoms with Crippen molar-refractivity contribution in [3.63, 3.8) is 0 Å². The van der Waals surface area contributed by atoms with Crippen molar-refractivity contribution in [1.82, 2.24) is 5.32 Å². The predicted octanol–water partition coefficient (Wildman–Crippen LogP) is 2.26. The molecule has 1 fully saturated rings. The Hall–Kier alpha value is -1.06. The van der Waals surface area contributed by atoms with Gasteiger partial charge in [0.25, 0.3) is 0 Å². The van der Waals surface area contributed by atoms with Gasteiger partial charge in [-0.2, -0.15) is 0 Å². The molecule has 1 heterocycles. The molecule has 1 unspecified atom stereocenters. The summed E-state index contributed by atoms with van der Waals surface area (Å²) in [7, 11) is 1.72. The fourth-order valence-corrected chi connectivity index (χ4v) is 2.72. The number of nitrogens with two attached hydrogens (primary N) is 1. The second-order valence-corrected chi connectivity index (χ2v) is 5.04. The molecule has 100 valence electrons. The van der Waals surface area contributed by atoms with Crippen LogP contribution in [0.4, 0.5) is 0 Å². The first-order valence-electron chi connectivity index (χ1n) is 6.89. The normalized spacial score (nSPS) is 18.6. The maximum Gasteiger partial charge on any atom is 0.123 e. The zero-order valence-electron chi connectivity index (χ0n) is 11.4. The molecule has 0 saturated carbocycles. The molecule has 3 nitrogen and oxygen atoms in total. The minimum atomic E-state index is 0.0912. The minimum Gasteiger partial charge on any atom is -0.496 e. The molecule has 0 bridgehead atoms. The lowest BCUT2D eigenvalue weighted by Gasteiger charge is -2.29. The number of nitrogens with one attached hydrogen (secondary N) is 1. The van der Waals surface area contributed by atoms with Crippen molar-refractivity contribution < 1.29 is 4.74 Å². The highest BCUT2D eigenvalue weighted by atomic mass is 16.5. The summed E-state index contributed by atoms with van der Waals surface area (Å²) in [6.45, 7) is 4.32. The van der Waals surface area contributed by atoms with Crippen molar-refractivity contribution in [3.8, 4) is 5.75 Å². The Balaban J connectivity index is 2.23. The summed E-state index contributed by atoms with van der Waals surface area (Å²) >= 11 is 0. The van der Waals surface area contributed by atoms with Crippen LogP contribution < -0.4 is 15.8 Å². The molecule has 3 heteroatoms. The third-order valence-corrected chi connectivity index (χ3v) is 3.95. The Morgan fingerprint density at radius 3 is 2.72 bits per heavy atom. The van der Waals surface area contributed by atoms with E-state index in [0.717, 1.165) is 38.1 Å². The first-order chi connectivity index (χ1) is 8.76. The summed E-state index contributed by atoms with van der Waals surface area (Å²) in [5, 5.41) is 3.39. The number of benzene rings is 1. The Morgan fingerprint density at radius 2 is 2.11 bits per heavy atom. The number of ether oxygens (including phenoxy) is 1. The van der Waals surface area contributed by atoms with Crippen LogP contribution in [-0.2, 0) is 6.42 Å². The summed E-state index contributed by atoms with van der Waals surface area (Å²) in [5.41, 5.74) is 8.96. The van der Waals surface area contributed by atoms with Gasteiger partial charge >= 0.3 is 0 Å². The van der Waals surface area contributed by atoms with E-state index in [2.05, 4.69) is 30.4 Å². The first kappa shape index (κ1) is 13.4. The van der Waals surface area contributed by atoms with E-state index in [1.165, 1.54) is 11.1 Å². The lowest BCUT2D eigenvalue weighted by atomic mass is 9.85. The molecule has 1 aromatic carbocycles. The second-order valence-electron chi connectivity index (χ2n) is 5.04. The van der Waals surface area contributed by atoms with Crippen LogP contribution in [0.15, 0.2) is 18.2 Å². The van der Waals surface area contributed by atoms with Crippen LogP contribution in [0, 0.1) is 5.92 Å². The average molecular weight is 248 g/mol. The Kier molecular flexibility index (Phi) is 4.61. The topological polar surface area (TPSA) is 47.3 Å². The van der Waals surface area contributed by atoms with Gasteiger partial charge in [0.1, 0.15) is 5.75 Å². The van der Waals surface area contributed by atoms with E-state index in [1.807, 2.05) is 0 Å². The molecule has 18 heavy (non-hydrogen) atoms. The molecular formula is C15H24N2O. The summed E-state index contributed by atoms with van der Waals surface area (Å²) in [6.07, 6.45) is 3.34. The number of aryl methyl sites for hydroxylation is 1. The number of methoxy groups -OCH3 is 1. The fraction of sp³-hybridized carbons (Fsp3) is 0.600. The van der Waals surface area contributed by atoms with E-state index in [-0.39, 0.29) is 6.04 Å². The molecule has 1 aliphatic heterocycles. The summed E-state index contributed by atoms with van der Waals surface area (Å²) in [5.74, 6) is 1.49. The Bertz CT molecular complexity index is 386. The van der Waals surface area contributed by atoms with E-state index < -0.39 is 0 Å². The first-order valence-corrected chi connectivity index (χ1v) is 6.89. The van der Waals surface area contributed by atoms with E-state index in [9.17, 15) is 0 Å². The van der Waals surface area contributed by atoms with E-state index in [4.69, 9.17) is 10.5 Å². The second kappa shape index (κ2) is 6.21. The summed E-state index contributed by atoms with van der Waals surface area (Å²) < 4.78 is 5.46. The van der Waals surface area contributed by atoms with Gasteiger partial charge in [-0.3, -0.25) is 0 Å². The summed E-state index contributed by atoms with van der Waals surface area (Å²) in [6, 6.07) is 6.48. The van der Waals surface area contributed by atoms with Gasteiger partial charge in [0.2, 0.25) is 0 Å². The average Bonchev–Trinajstić information content (AvgIpc) is 2.46. The highest BCUT2D eigenvalue weighted by molar-refractivity contribution is 5.39. The maximum atomic E-state index is 6.46. The molecule has 0 amide bonds. The SMILES string of the molecule is CCc1ccc(OC)c(C(N)C2CCNCC2)c1. The standard InChI is InChI=1S/C15H24N2O/c1-3-11-4-5-14(18-2)13(10-11)15(16)12-6-8-17-9-7-12/h4-5,10,12,15,17H,3,6-9,16H2,1-2H3. The van der Waals surface area contributed by atoms with Gasteiger partial charge in [-0.25, -0.2) is 0 Å². The highest BCUT2D eigenvalue weighted by Gasteiger charge is 2.24. The zero-order chi connectivity index (χ0) is 13.0. The van der Waals surface area contributed by atoms with E-state index in [1.54, 1.807) is 7.11 Å². The minimum absolute atomic E-state index is 0.0912. The predicted molar refractivity (Wildman–Crippen MR) is 74.9 cm³/mol. The van der Waals surface area contributed by atoms with E-state index in [0.29, 0.717) is 5.92 Å². The van der Waals surface area contributed by atoms with E-state index >= 15 is 0 Å². The molecule has 2 rings (SSSR count). The quantitative estimate of drug-likeness (QED) is 0.859. The van der Waals surface area contributed by atoms with Crippen LogP contribution in [-0.4, -0.2) is 20.2 Å². The third kappa shape index (κ3) is 2.85. The molecule has 0 aliphatic carbocycles. The fourth-order valence-electron chi connectivity index (χ4n) is 2.72. The molecule has 3 N–H and O–H groups in total. The van der Waals surface area contributed by atoms with Crippen molar-refractivity contribution in [1.29, 1.82) is 0 Å². The van der Waals surface area contributed by atoms with Gasteiger partial charge in [-0.1, -0.05) is 19.1 Å². The molecular weight excluding hydrogens is 224 g/mol. The van der Waals surface area contributed by atoms with Gasteiger partial charge in [0, 0.05) is 11.6 Å². The van der Waals surface area contributed by atoms with Crippen molar-refractivity contribution >= 4 is 0 Å². The molecule has 0 spiro atoms. The molecule has 0 radical (unpaired) electrons. The van der Waals surface area contributed by atoms with Crippen molar-refractivity contribution in [2.24, 2.45) is 11.7 Å². The van der Waals surface area contributed by atoms with Gasteiger partial charge in [-0.15, -0.1) is 0 Å². The van der Waals surface area contributed by atoms with Gasteiger partial charge < -0.3 is 15.8 Å². The lowest BCUT2D eigenvalue weighted by Crippen LogP contribution is -2.34. The van der Waals surface area contributed by atoms with Crippen LogP contribution in [0.5, 0.6) is 5.75 Å². The van der Waals surface area contributed by atoms with Crippen molar-refractivity contribution in [2.45, 2.75) is 32.2 Å². The molecule has 1 atom stereocenters. The van der Waals surface area contributed by atoms with Crippen molar-refractivity contribution in [3.05, 3.63) is 29.3 Å². The highest BCUT2D eigenvalue weighted by Crippen LogP contribution is 2.33. The number of piperidine rings is 1. The summed E-state index contributed by atoms with van der Waals surface area (Å²) in [4.78, 5) is 0. The van der Waals surface area contributed by atoms with Gasteiger partial charge in [0.15, 0.2) is 0 Å². The maximum absolute atomic E-state index is 6.46. The number of hydrogen-bond acceptors (Lipinski definition) is 3. The molecule has 1 saturated heterocycles. The molecule has 1 aliphatic rings. The molecule has 0 aromatic heterocycles. The lowest BCUT2D eigenvalue weighted by molar-refractivity contribution is 0.313. The zero-order valence-corrected chi connectivity index (χ0v) is 11.4. The largest absolute Gasteiger partial charge is 0.496 e. The number of hydrogen-bond donors (Lipinski definition) is 2. The van der Waals surface area contributed by atoms with Crippen LogP contribution in [0.1, 0.15) is 36.9 Å². The Labute approximate surface area is 110 Å². The number of rotatable bonds is 4.